The van der Waals surface area contributed by atoms with Gasteiger partial charge in [-0.2, -0.15) is 0 Å². The summed E-state index contributed by atoms with van der Waals surface area (Å²) in [4.78, 5) is 24.0. The van der Waals surface area contributed by atoms with Gasteiger partial charge >= 0.3 is 0 Å². The van der Waals surface area contributed by atoms with Crippen LogP contribution in [0.15, 0.2) is 0 Å². The van der Waals surface area contributed by atoms with Crippen molar-refractivity contribution in [2.45, 2.75) is 96.9 Å². The van der Waals surface area contributed by atoms with Crippen LogP contribution in [0.4, 0.5) is 0 Å². The summed E-state index contributed by atoms with van der Waals surface area (Å²) in [6, 6.07) is -0.445. The van der Waals surface area contributed by atoms with Crippen LogP contribution >= 0.6 is 0 Å². The molecule has 0 rings (SSSR count). The van der Waals surface area contributed by atoms with Gasteiger partial charge in [0, 0.05) is 13.0 Å². The van der Waals surface area contributed by atoms with E-state index < -0.39 is 6.04 Å². The van der Waals surface area contributed by atoms with Crippen LogP contribution < -0.4 is 16.4 Å². The van der Waals surface area contributed by atoms with Gasteiger partial charge in [0.15, 0.2) is 0 Å². The molecule has 1 unspecified atom stereocenters. The summed E-state index contributed by atoms with van der Waals surface area (Å²) in [5.74, 6) is -0.127. The van der Waals surface area contributed by atoms with Gasteiger partial charge < -0.3 is 16.4 Å². The molecule has 5 heteroatoms. The minimum absolute atomic E-state index is 0.0220. The largest absolute Gasteiger partial charge is 0.355 e. The molecule has 4 N–H and O–H groups in total. The summed E-state index contributed by atoms with van der Waals surface area (Å²) in [6.07, 6.45) is 12.9. The van der Waals surface area contributed by atoms with Crippen molar-refractivity contribution in [2.75, 3.05) is 13.1 Å². The fourth-order valence-electron chi connectivity index (χ4n) is 2.75. The number of nitrogens with two attached hydrogens (primary N) is 1. The molecular formula is C19H39N3O2. The number of hydrogen-bond acceptors (Lipinski definition) is 3. The second kappa shape index (κ2) is 16.7. The minimum Gasteiger partial charge on any atom is -0.355 e. The van der Waals surface area contributed by atoms with Gasteiger partial charge in [0.2, 0.25) is 11.8 Å². The van der Waals surface area contributed by atoms with E-state index in [0.717, 1.165) is 19.3 Å². The number of carbonyl (C=O) groups excluding carboxylic acids is 2. The first-order valence-corrected chi connectivity index (χ1v) is 9.92. The molecule has 0 aromatic rings. The highest BCUT2D eigenvalue weighted by Gasteiger charge is 2.19. The molecule has 2 amide bonds. The number of rotatable bonds is 16. The van der Waals surface area contributed by atoms with Gasteiger partial charge in [-0.3, -0.25) is 9.59 Å². The topological polar surface area (TPSA) is 84.2 Å². The fourth-order valence-corrected chi connectivity index (χ4v) is 2.75. The third-order valence-corrected chi connectivity index (χ3v) is 4.21. The molecule has 0 aliphatic carbocycles. The van der Waals surface area contributed by atoms with Crippen LogP contribution in [0.2, 0.25) is 0 Å². The Balaban J connectivity index is 3.77. The zero-order valence-electron chi connectivity index (χ0n) is 15.9. The molecule has 0 fully saturated rings. The lowest BCUT2D eigenvalue weighted by Crippen LogP contribution is -2.46. The molecule has 1 atom stereocenters. The highest BCUT2D eigenvalue weighted by Crippen LogP contribution is 2.10. The van der Waals surface area contributed by atoms with Crippen LogP contribution in [0.25, 0.3) is 0 Å². The minimum atomic E-state index is -0.445. The first-order valence-electron chi connectivity index (χ1n) is 9.92. The molecule has 0 spiro atoms. The second-order valence-corrected chi connectivity index (χ2v) is 6.52. The Kier molecular flexibility index (Phi) is 16.0. The number of hydrogen-bond donors (Lipinski definition) is 3. The summed E-state index contributed by atoms with van der Waals surface area (Å²) in [5, 5.41) is 5.63. The lowest BCUT2D eigenvalue weighted by Gasteiger charge is -2.17. The van der Waals surface area contributed by atoms with Crippen LogP contribution in [0.3, 0.4) is 0 Å². The Morgan fingerprint density at radius 2 is 1.46 bits per heavy atom. The third kappa shape index (κ3) is 13.3. The molecule has 0 aromatic carbocycles. The van der Waals surface area contributed by atoms with E-state index in [1.807, 2.05) is 6.92 Å². The summed E-state index contributed by atoms with van der Waals surface area (Å²) in [5.41, 5.74) is 5.50. The van der Waals surface area contributed by atoms with E-state index in [1.54, 1.807) is 0 Å². The normalized spacial score (nSPS) is 12.0. The molecule has 0 radical (unpaired) electrons. The zero-order chi connectivity index (χ0) is 18.0. The Bertz CT molecular complexity index is 322. The summed E-state index contributed by atoms with van der Waals surface area (Å²) < 4.78 is 0. The van der Waals surface area contributed by atoms with Crippen LogP contribution in [0, 0.1) is 0 Å². The Morgan fingerprint density at radius 3 is 2.00 bits per heavy atom. The van der Waals surface area contributed by atoms with E-state index in [1.165, 1.54) is 44.9 Å². The van der Waals surface area contributed by atoms with Crippen LogP contribution in [0.1, 0.15) is 90.9 Å². The third-order valence-electron chi connectivity index (χ3n) is 4.21. The quantitative estimate of drug-likeness (QED) is 0.377. The summed E-state index contributed by atoms with van der Waals surface area (Å²) in [7, 11) is 0. The average Bonchev–Trinajstić information content (AvgIpc) is 2.57. The van der Waals surface area contributed by atoms with Crippen molar-refractivity contribution in [3.63, 3.8) is 0 Å². The maximum absolute atomic E-state index is 12.0. The molecule has 0 aliphatic rings. The van der Waals surface area contributed by atoms with E-state index in [4.69, 9.17) is 5.73 Å². The zero-order valence-corrected chi connectivity index (χ0v) is 15.9. The van der Waals surface area contributed by atoms with Gasteiger partial charge in [-0.1, -0.05) is 58.3 Å². The van der Waals surface area contributed by atoms with Gasteiger partial charge in [-0.15, -0.1) is 0 Å². The molecule has 0 aromatic heterocycles. The first-order chi connectivity index (χ1) is 11.7. The van der Waals surface area contributed by atoms with Crippen molar-refractivity contribution in [1.82, 2.24) is 10.6 Å². The molecule has 0 bridgehead atoms. The number of nitrogens with one attached hydrogen (secondary N) is 2. The van der Waals surface area contributed by atoms with E-state index >= 15 is 0 Å². The van der Waals surface area contributed by atoms with E-state index in [0.29, 0.717) is 25.9 Å². The molecule has 0 heterocycles. The number of likely N-dealkylation sites (N-methyl/N-ethyl adjacent to an activating group) is 1. The van der Waals surface area contributed by atoms with Crippen molar-refractivity contribution in [2.24, 2.45) is 5.73 Å². The molecule has 24 heavy (non-hydrogen) atoms. The van der Waals surface area contributed by atoms with Crippen LogP contribution in [-0.2, 0) is 9.59 Å². The lowest BCUT2D eigenvalue weighted by atomic mass is 10.1. The molecule has 0 aliphatic heterocycles. The predicted octanol–water partition coefficient (Wildman–Crippen LogP) is 3.27. The Morgan fingerprint density at radius 1 is 0.875 bits per heavy atom. The number of amides is 2. The molecule has 0 saturated carbocycles. The number of unbranched alkanes of at least 4 members (excludes halogenated alkanes) is 8. The SMILES string of the molecule is CCCCCCCCCCCC(=O)NC(CCCN)C(=O)NCC. The van der Waals surface area contributed by atoms with Crippen molar-refractivity contribution in [3.05, 3.63) is 0 Å². The van der Waals surface area contributed by atoms with Crippen LogP contribution in [-0.4, -0.2) is 30.9 Å². The maximum atomic E-state index is 12.0. The molecule has 5 nitrogen and oxygen atoms in total. The Hall–Kier alpha value is -1.10. The van der Waals surface area contributed by atoms with E-state index in [9.17, 15) is 9.59 Å². The van der Waals surface area contributed by atoms with E-state index in [-0.39, 0.29) is 11.8 Å². The standard InChI is InChI=1S/C19H39N3O2/c1-3-5-6-7-8-9-10-11-12-15-18(23)22-17(14-13-16-20)19(24)21-4-2/h17H,3-16,20H2,1-2H3,(H,21,24)(H,22,23). The molecule has 0 saturated heterocycles. The maximum Gasteiger partial charge on any atom is 0.242 e. The lowest BCUT2D eigenvalue weighted by molar-refractivity contribution is -0.129. The molecular weight excluding hydrogens is 302 g/mol. The summed E-state index contributed by atoms with van der Waals surface area (Å²) in [6.45, 7) is 5.22. The van der Waals surface area contributed by atoms with Crippen LogP contribution in [0.5, 0.6) is 0 Å². The monoisotopic (exact) mass is 341 g/mol. The van der Waals surface area contributed by atoms with Crippen molar-refractivity contribution < 1.29 is 9.59 Å². The van der Waals surface area contributed by atoms with Crippen molar-refractivity contribution >= 4 is 11.8 Å². The van der Waals surface area contributed by atoms with Crippen molar-refractivity contribution in [3.8, 4) is 0 Å². The van der Waals surface area contributed by atoms with Gasteiger partial charge in [0.05, 0.1) is 0 Å². The fraction of sp³-hybridized carbons (Fsp3) is 0.895. The van der Waals surface area contributed by atoms with Gasteiger partial charge in [-0.05, 0) is 32.7 Å². The number of carbonyl (C=O) groups is 2. The highest BCUT2D eigenvalue weighted by atomic mass is 16.2. The Labute approximate surface area is 148 Å². The second-order valence-electron chi connectivity index (χ2n) is 6.52. The van der Waals surface area contributed by atoms with Gasteiger partial charge in [-0.25, -0.2) is 0 Å². The van der Waals surface area contributed by atoms with Crippen molar-refractivity contribution in [1.29, 1.82) is 0 Å². The van der Waals surface area contributed by atoms with Gasteiger partial charge in [0.1, 0.15) is 6.04 Å². The van der Waals surface area contributed by atoms with Gasteiger partial charge in [0.25, 0.3) is 0 Å². The predicted molar refractivity (Wildman–Crippen MR) is 101 cm³/mol. The van der Waals surface area contributed by atoms with E-state index in [2.05, 4.69) is 17.6 Å². The first kappa shape index (κ1) is 22.9. The average molecular weight is 342 g/mol. The highest BCUT2D eigenvalue weighted by molar-refractivity contribution is 5.87. The molecule has 142 valence electrons. The summed E-state index contributed by atoms with van der Waals surface area (Å²) >= 11 is 0. The smallest absolute Gasteiger partial charge is 0.242 e.